The lowest BCUT2D eigenvalue weighted by molar-refractivity contribution is 0.336. The molecule has 0 aromatic heterocycles. The first kappa shape index (κ1) is 12.6. The van der Waals surface area contributed by atoms with Gasteiger partial charge in [0.15, 0.2) is 0 Å². The first-order chi connectivity index (χ1) is 7.19. The molecule has 0 saturated heterocycles. The van der Waals surface area contributed by atoms with Gasteiger partial charge in [-0.25, -0.2) is 0 Å². The molecule has 1 aromatic carbocycles. The van der Waals surface area contributed by atoms with Crippen molar-refractivity contribution in [1.82, 2.24) is 0 Å². The fraction of sp³-hybridized carbons (Fsp3) is 0.455. The number of hydrogen-bond acceptors (Lipinski definition) is 2. The SMILES string of the molecule is CCOc1c(Cl)cc(Cl)cc1CCCN. The molecule has 0 aliphatic rings. The molecule has 0 aliphatic heterocycles. The Labute approximate surface area is 100 Å². The van der Waals surface area contributed by atoms with E-state index in [2.05, 4.69) is 0 Å². The predicted molar refractivity (Wildman–Crippen MR) is 65.0 cm³/mol. The molecule has 0 fully saturated rings. The Bertz CT molecular complexity index is 329. The zero-order chi connectivity index (χ0) is 11.3. The summed E-state index contributed by atoms with van der Waals surface area (Å²) in [5.74, 6) is 0.733. The van der Waals surface area contributed by atoms with Gasteiger partial charge in [-0.1, -0.05) is 23.2 Å². The van der Waals surface area contributed by atoms with Gasteiger partial charge in [-0.2, -0.15) is 0 Å². The highest BCUT2D eigenvalue weighted by atomic mass is 35.5. The average Bonchev–Trinajstić information content (AvgIpc) is 2.19. The van der Waals surface area contributed by atoms with Gasteiger partial charge < -0.3 is 10.5 Å². The second-order valence-corrected chi connectivity index (χ2v) is 4.04. The van der Waals surface area contributed by atoms with Crippen molar-refractivity contribution in [2.45, 2.75) is 19.8 Å². The maximum Gasteiger partial charge on any atom is 0.141 e. The van der Waals surface area contributed by atoms with Crippen LogP contribution in [0, 0.1) is 0 Å². The average molecular weight is 248 g/mol. The second kappa shape index (κ2) is 6.21. The highest BCUT2D eigenvalue weighted by molar-refractivity contribution is 6.35. The topological polar surface area (TPSA) is 35.2 Å². The van der Waals surface area contributed by atoms with Crippen LogP contribution in [-0.2, 0) is 6.42 Å². The van der Waals surface area contributed by atoms with Crippen molar-refractivity contribution in [2.75, 3.05) is 13.2 Å². The summed E-state index contributed by atoms with van der Waals surface area (Å²) in [6.45, 7) is 3.17. The second-order valence-electron chi connectivity index (χ2n) is 3.20. The third-order valence-corrected chi connectivity index (χ3v) is 2.52. The van der Waals surface area contributed by atoms with E-state index in [9.17, 15) is 0 Å². The Morgan fingerprint density at radius 2 is 2.07 bits per heavy atom. The number of hydrogen-bond donors (Lipinski definition) is 1. The quantitative estimate of drug-likeness (QED) is 0.867. The van der Waals surface area contributed by atoms with E-state index >= 15 is 0 Å². The number of benzene rings is 1. The minimum atomic E-state index is 0.566. The summed E-state index contributed by atoms with van der Waals surface area (Å²) in [5, 5.41) is 1.20. The van der Waals surface area contributed by atoms with E-state index in [4.69, 9.17) is 33.7 Å². The minimum absolute atomic E-state index is 0.566. The maximum atomic E-state index is 6.05. The summed E-state index contributed by atoms with van der Waals surface area (Å²) in [6.07, 6.45) is 1.74. The standard InChI is InChI=1S/C11H15Cl2NO/c1-2-15-11-8(4-3-5-14)6-9(12)7-10(11)13/h6-7H,2-5,14H2,1H3. The van der Waals surface area contributed by atoms with Crippen molar-refractivity contribution < 1.29 is 4.74 Å². The van der Waals surface area contributed by atoms with Gasteiger partial charge in [-0.3, -0.25) is 0 Å². The van der Waals surface area contributed by atoms with E-state index in [1.54, 1.807) is 6.07 Å². The fourth-order valence-electron chi connectivity index (χ4n) is 1.40. The molecule has 0 amide bonds. The zero-order valence-corrected chi connectivity index (χ0v) is 10.2. The van der Waals surface area contributed by atoms with Crippen LogP contribution in [0.4, 0.5) is 0 Å². The van der Waals surface area contributed by atoms with Crippen LogP contribution in [0.2, 0.25) is 10.0 Å². The zero-order valence-electron chi connectivity index (χ0n) is 8.72. The van der Waals surface area contributed by atoms with Crippen LogP contribution < -0.4 is 10.5 Å². The van der Waals surface area contributed by atoms with E-state index in [0.717, 1.165) is 24.2 Å². The molecule has 2 N–H and O–H groups in total. The third-order valence-electron chi connectivity index (χ3n) is 2.02. The van der Waals surface area contributed by atoms with Gasteiger partial charge in [0.1, 0.15) is 5.75 Å². The molecular weight excluding hydrogens is 233 g/mol. The van der Waals surface area contributed by atoms with Crippen LogP contribution in [0.5, 0.6) is 5.75 Å². The summed E-state index contributed by atoms with van der Waals surface area (Å²) in [7, 11) is 0. The van der Waals surface area contributed by atoms with E-state index in [-0.39, 0.29) is 0 Å². The van der Waals surface area contributed by atoms with Crippen molar-refractivity contribution in [1.29, 1.82) is 0 Å². The van der Waals surface area contributed by atoms with Gasteiger partial charge in [0.2, 0.25) is 0 Å². The van der Waals surface area contributed by atoms with E-state index in [1.165, 1.54) is 0 Å². The van der Waals surface area contributed by atoms with Gasteiger partial charge in [0.25, 0.3) is 0 Å². The number of rotatable bonds is 5. The molecule has 0 aliphatic carbocycles. The lowest BCUT2D eigenvalue weighted by atomic mass is 10.1. The summed E-state index contributed by atoms with van der Waals surface area (Å²) in [5.41, 5.74) is 6.50. The third kappa shape index (κ3) is 3.56. The van der Waals surface area contributed by atoms with Crippen LogP contribution in [-0.4, -0.2) is 13.2 Å². The molecule has 1 aromatic rings. The van der Waals surface area contributed by atoms with Crippen LogP contribution in [0.25, 0.3) is 0 Å². The van der Waals surface area contributed by atoms with Crippen LogP contribution in [0.3, 0.4) is 0 Å². The van der Waals surface area contributed by atoms with Crippen molar-refractivity contribution in [2.24, 2.45) is 5.73 Å². The molecule has 0 saturated carbocycles. The summed E-state index contributed by atoms with van der Waals surface area (Å²) in [6, 6.07) is 3.58. The molecule has 0 bridgehead atoms. The molecular formula is C11H15Cl2NO. The fourth-order valence-corrected chi connectivity index (χ4v) is 1.99. The molecule has 15 heavy (non-hydrogen) atoms. The summed E-state index contributed by atoms with van der Waals surface area (Å²) in [4.78, 5) is 0. The predicted octanol–water partition coefficient (Wildman–Crippen LogP) is 3.28. The van der Waals surface area contributed by atoms with Crippen LogP contribution in [0.15, 0.2) is 12.1 Å². The maximum absolute atomic E-state index is 6.05. The van der Waals surface area contributed by atoms with E-state index in [1.807, 2.05) is 13.0 Å². The van der Waals surface area contributed by atoms with Crippen molar-refractivity contribution in [3.05, 3.63) is 27.7 Å². The number of ether oxygens (including phenoxy) is 1. The summed E-state index contributed by atoms with van der Waals surface area (Å²) < 4.78 is 5.49. The van der Waals surface area contributed by atoms with Crippen molar-refractivity contribution in [3.8, 4) is 5.75 Å². The molecule has 0 atom stereocenters. The van der Waals surface area contributed by atoms with Crippen molar-refractivity contribution >= 4 is 23.2 Å². The number of aryl methyl sites for hydroxylation is 1. The molecule has 0 heterocycles. The largest absolute Gasteiger partial charge is 0.492 e. The van der Waals surface area contributed by atoms with Crippen LogP contribution >= 0.6 is 23.2 Å². The van der Waals surface area contributed by atoms with E-state index in [0.29, 0.717) is 23.2 Å². The molecule has 0 radical (unpaired) electrons. The minimum Gasteiger partial charge on any atom is -0.492 e. The normalized spacial score (nSPS) is 10.4. The first-order valence-electron chi connectivity index (χ1n) is 4.99. The molecule has 2 nitrogen and oxygen atoms in total. The molecule has 4 heteroatoms. The number of nitrogens with two attached hydrogens (primary N) is 1. The Hall–Kier alpha value is -0.440. The monoisotopic (exact) mass is 247 g/mol. The lowest BCUT2D eigenvalue weighted by Gasteiger charge is -2.12. The van der Waals surface area contributed by atoms with E-state index < -0.39 is 0 Å². The smallest absolute Gasteiger partial charge is 0.141 e. The Kier molecular flexibility index (Phi) is 5.23. The van der Waals surface area contributed by atoms with Gasteiger partial charge in [0, 0.05) is 5.02 Å². The molecule has 84 valence electrons. The van der Waals surface area contributed by atoms with Crippen molar-refractivity contribution in [3.63, 3.8) is 0 Å². The Balaban J connectivity index is 2.97. The van der Waals surface area contributed by atoms with Gasteiger partial charge >= 0.3 is 0 Å². The molecule has 0 unspecified atom stereocenters. The lowest BCUT2D eigenvalue weighted by Crippen LogP contribution is -2.03. The first-order valence-corrected chi connectivity index (χ1v) is 5.75. The Morgan fingerprint density at radius 1 is 1.33 bits per heavy atom. The Morgan fingerprint density at radius 3 is 2.67 bits per heavy atom. The van der Waals surface area contributed by atoms with Gasteiger partial charge in [0.05, 0.1) is 11.6 Å². The highest BCUT2D eigenvalue weighted by Gasteiger charge is 2.09. The number of halogens is 2. The van der Waals surface area contributed by atoms with Crippen LogP contribution in [0.1, 0.15) is 18.9 Å². The van der Waals surface area contributed by atoms with Gasteiger partial charge in [-0.05, 0) is 44.0 Å². The molecule has 0 spiro atoms. The summed E-state index contributed by atoms with van der Waals surface area (Å²) >= 11 is 12.0. The van der Waals surface area contributed by atoms with Gasteiger partial charge in [-0.15, -0.1) is 0 Å². The molecule has 1 rings (SSSR count). The highest BCUT2D eigenvalue weighted by Crippen LogP contribution is 2.33.